The fraction of sp³-hybridized carbons (Fsp3) is 0.455. The molecule has 0 spiro atoms. The highest BCUT2D eigenvalue weighted by Crippen LogP contribution is 2.32. The Morgan fingerprint density at radius 3 is 2.94 bits per heavy atom. The van der Waals surface area contributed by atoms with Crippen LogP contribution in [0.4, 0.5) is 0 Å². The van der Waals surface area contributed by atoms with E-state index in [4.69, 9.17) is 10.3 Å². The molecule has 0 amide bonds. The molecule has 88 valence electrons. The number of nitrogens with two attached hydrogens (primary N) is 1. The van der Waals surface area contributed by atoms with E-state index in [0.717, 1.165) is 19.3 Å². The van der Waals surface area contributed by atoms with Crippen molar-refractivity contribution in [3.8, 4) is 11.5 Å². The van der Waals surface area contributed by atoms with Gasteiger partial charge in [-0.2, -0.15) is 4.98 Å². The van der Waals surface area contributed by atoms with E-state index in [-0.39, 0.29) is 12.0 Å². The zero-order valence-corrected chi connectivity index (χ0v) is 9.28. The average molecular weight is 231 g/mol. The molecule has 2 atom stereocenters. The minimum absolute atomic E-state index is 0.130. The van der Waals surface area contributed by atoms with E-state index in [0.29, 0.717) is 17.4 Å². The Balaban J connectivity index is 1.88. The Labute approximate surface area is 98.3 Å². The van der Waals surface area contributed by atoms with E-state index in [1.807, 2.05) is 0 Å². The number of aromatic nitrogens is 4. The van der Waals surface area contributed by atoms with Crippen LogP contribution < -0.4 is 5.73 Å². The van der Waals surface area contributed by atoms with E-state index in [1.165, 1.54) is 0 Å². The maximum Gasteiger partial charge on any atom is 0.231 e. The van der Waals surface area contributed by atoms with Gasteiger partial charge in [0, 0.05) is 18.4 Å². The molecule has 1 saturated carbocycles. The van der Waals surface area contributed by atoms with Gasteiger partial charge in [-0.15, -0.1) is 0 Å². The maximum atomic E-state index is 6.00. The van der Waals surface area contributed by atoms with Gasteiger partial charge in [0.05, 0.1) is 12.1 Å². The third kappa shape index (κ3) is 1.91. The molecule has 0 aromatic carbocycles. The van der Waals surface area contributed by atoms with Crippen molar-refractivity contribution < 1.29 is 4.52 Å². The third-order valence-electron chi connectivity index (χ3n) is 3.12. The van der Waals surface area contributed by atoms with Crippen LogP contribution >= 0.6 is 0 Å². The highest BCUT2D eigenvalue weighted by atomic mass is 16.5. The molecule has 3 rings (SSSR count). The van der Waals surface area contributed by atoms with Crippen molar-refractivity contribution in [2.24, 2.45) is 5.73 Å². The molecule has 2 N–H and O–H groups in total. The molecular formula is C11H13N5O. The van der Waals surface area contributed by atoms with Gasteiger partial charge < -0.3 is 10.3 Å². The summed E-state index contributed by atoms with van der Waals surface area (Å²) in [5.74, 6) is 1.29. The van der Waals surface area contributed by atoms with Gasteiger partial charge in [-0.25, -0.2) is 4.98 Å². The molecule has 17 heavy (non-hydrogen) atoms. The van der Waals surface area contributed by atoms with Crippen LogP contribution in [0.25, 0.3) is 11.5 Å². The first-order valence-corrected chi connectivity index (χ1v) is 5.70. The highest BCUT2D eigenvalue weighted by Gasteiger charge is 2.30. The van der Waals surface area contributed by atoms with Gasteiger partial charge >= 0.3 is 0 Å². The lowest BCUT2D eigenvalue weighted by molar-refractivity contribution is 0.345. The van der Waals surface area contributed by atoms with E-state index in [2.05, 4.69) is 20.1 Å². The predicted molar refractivity (Wildman–Crippen MR) is 59.9 cm³/mol. The Morgan fingerprint density at radius 1 is 1.29 bits per heavy atom. The summed E-state index contributed by atoms with van der Waals surface area (Å²) < 4.78 is 5.26. The highest BCUT2D eigenvalue weighted by molar-refractivity contribution is 5.45. The molecule has 6 heteroatoms. The topological polar surface area (TPSA) is 90.7 Å². The summed E-state index contributed by atoms with van der Waals surface area (Å²) in [6, 6.07) is 0.130. The zero-order chi connectivity index (χ0) is 11.7. The molecule has 6 nitrogen and oxygen atoms in total. The normalized spacial score (nSPS) is 24.1. The SMILES string of the molecule is NC1CCCC1c1nc(-c2cnccn2)no1. The van der Waals surface area contributed by atoms with Crippen molar-refractivity contribution in [1.82, 2.24) is 20.1 Å². The standard InChI is InChI=1S/C11H13N5O/c12-8-3-1-2-7(8)11-15-10(16-17-11)9-6-13-4-5-14-9/h4-8H,1-3,12H2. The Hall–Kier alpha value is -1.82. The monoisotopic (exact) mass is 231 g/mol. The van der Waals surface area contributed by atoms with Crippen LogP contribution in [0.2, 0.25) is 0 Å². The summed E-state index contributed by atoms with van der Waals surface area (Å²) in [5, 5.41) is 3.92. The molecule has 0 bridgehead atoms. The van der Waals surface area contributed by atoms with Crippen molar-refractivity contribution in [2.45, 2.75) is 31.2 Å². The van der Waals surface area contributed by atoms with Crippen LogP contribution in [0.3, 0.4) is 0 Å². The fourth-order valence-corrected chi connectivity index (χ4v) is 2.20. The van der Waals surface area contributed by atoms with Crippen LogP contribution in [0.1, 0.15) is 31.1 Å². The van der Waals surface area contributed by atoms with Gasteiger partial charge in [0.1, 0.15) is 5.69 Å². The molecular weight excluding hydrogens is 218 g/mol. The second-order valence-electron chi connectivity index (χ2n) is 4.25. The molecule has 1 aliphatic rings. The van der Waals surface area contributed by atoms with Gasteiger partial charge in [-0.05, 0) is 12.8 Å². The first-order valence-electron chi connectivity index (χ1n) is 5.70. The molecule has 2 heterocycles. The van der Waals surface area contributed by atoms with Crippen molar-refractivity contribution in [1.29, 1.82) is 0 Å². The maximum absolute atomic E-state index is 6.00. The van der Waals surface area contributed by atoms with Gasteiger partial charge in [-0.1, -0.05) is 11.6 Å². The molecule has 2 unspecified atom stereocenters. The lowest BCUT2D eigenvalue weighted by Crippen LogP contribution is -2.22. The third-order valence-corrected chi connectivity index (χ3v) is 3.12. The second-order valence-corrected chi connectivity index (χ2v) is 4.25. The van der Waals surface area contributed by atoms with Gasteiger partial charge in [0.2, 0.25) is 11.7 Å². The Bertz CT molecular complexity index is 498. The van der Waals surface area contributed by atoms with Gasteiger partial charge in [0.25, 0.3) is 0 Å². The molecule has 2 aromatic heterocycles. The van der Waals surface area contributed by atoms with E-state index < -0.39 is 0 Å². The van der Waals surface area contributed by atoms with E-state index >= 15 is 0 Å². The number of rotatable bonds is 2. The number of hydrogen-bond donors (Lipinski definition) is 1. The lowest BCUT2D eigenvalue weighted by atomic mass is 10.1. The molecule has 1 aliphatic carbocycles. The first-order chi connectivity index (χ1) is 8.34. The van der Waals surface area contributed by atoms with E-state index in [9.17, 15) is 0 Å². The lowest BCUT2D eigenvalue weighted by Gasteiger charge is -2.08. The summed E-state index contributed by atoms with van der Waals surface area (Å²) in [7, 11) is 0. The summed E-state index contributed by atoms with van der Waals surface area (Å²) in [5.41, 5.74) is 6.62. The largest absolute Gasteiger partial charge is 0.339 e. The van der Waals surface area contributed by atoms with Gasteiger partial charge in [0.15, 0.2) is 0 Å². The minimum Gasteiger partial charge on any atom is -0.339 e. The molecule has 1 fully saturated rings. The Morgan fingerprint density at radius 2 is 2.24 bits per heavy atom. The number of nitrogens with zero attached hydrogens (tertiary/aromatic N) is 4. The quantitative estimate of drug-likeness (QED) is 0.832. The molecule has 0 radical (unpaired) electrons. The van der Waals surface area contributed by atoms with Crippen molar-refractivity contribution in [3.63, 3.8) is 0 Å². The zero-order valence-electron chi connectivity index (χ0n) is 9.28. The predicted octanol–water partition coefficient (Wildman–Crippen LogP) is 1.12. The van der Waals surface area contributed by atoms with Crippen LogP contribution in [0, 0.1) is 0 Å². The van der Waals surface area contributed by atoms with Crippen LogP contribution in [-0.4, -0.2) is 26.2 Å². The second kappa shape index (κ2) is 4.21. The van der Waals surface area contributed by atoms with Crippen molar-refractivity contribution in [3.05, 3.63) is 24.5 Å². The smallest absolute Gasteiger partial charge is 0.231 e. The first kappa shape index (κ1) is 10.3. The Kier molecular flexibility index (Phi) is 2.56. The van der Waals surface area contributed by atoms with Crippen molar-refractivity contribution in [2.75, 3.05) is 0 Å². The summed E-state index contributed by atoms with van der Waals surface area (Å²) in [6.07, 6.45) is 7.98. The van der Waals surface area contributed by atoms with E-state index in [1.54, 1.807) is 18.6 Å². The average Bonchev–Trinajstić information content (AvgIpc) is 2.98. The fourth-order valence-electron chi connectivity index (χ4n) is 2.20. The van der Waals surface area contributed by atoms with Crippen LogP contribution in [0.5, 0.6) is 0 Å². The summed E-state index contributed by atoms with van der Waals surface area (Å²) in [6.45, 7) is 0. The number of hydrogen-bond acceptors (Lipinski definition) is 6. The van der Waals surface area contributed by atoms with Crippen molar-refractivity contribution >= 4 is 0 Å². The summed E-state index contributed by atoms with van der Waals surface area (Å²) >= 11 is 0. The summed E-state index contributed by atoms with van der Waals surface area (Å²) in [4.78, 5) is 12.5. The minimum atomic E-state index is 0.130. The van der Waals surface area contributed by atoms with Crippen LogP contribution in [0.15, 0.2) is 23.1 Å². The molecule has 2 aromatic rings. The van der Waals surface area contributed by atoms with Gasteiger partial charge in [-0.3, -0.25) is 4.98 Å². The molecule has 0 aliphatic heterocycles. The molecule has 0 saturated heterocycles. The van der Waals surface area contributed by atoms with Crippen LogP contribution in [-0.2, 0) is 0 Å².